The van der Waals surface area contributed by atoms with Crippen molar-refractivity contribution in [1.82, 2.24) is 0 Å². The molecule has 3 heteroatoms. The summed E-state index contributed by atoms with van der Waals surface area (Å²) in [6.45, 7) is 0. The van der Waals surface area contributed by atoms with Crippen LogP contribution in [0.5, 0.6) is 0 Å². The molecule has 0 radical (unpaired) electrons. The van der Waals surface area contributed by atoms with Gasteiger partial charge in [0.15, 0.2) is 0 Å². The molecule has 0 unspecified atom stereocenters. The first-order valence-corrected chi connectivity index (χ1v) is 7.35. The molecule has 19 heavy (non-hydrogen) atoms. The van der Waals surface area contributed by atoms with E-state index in [1.165, 1.54) is 18.5 Å². The molecule has 0 N–H and O–H groups in total. The predicted octanol–water partition coefficient (Wildman–Crippen LogP) is 3.45. The zero-order valence-corrected chi connectivity index (χ0v) is 10.8. The van der Waals surface area contributed by atoms with Gasteiger partial charge in [-0.3, -0.25) is 0 Å². The van der Waals surface area contributed by atoms with Gasteiger partial charge in [0.2, 0.25) is 0 Å². The highest BCUT2D eigenvalue weighted by Crippen LogP contribution is 2.60. The van der Waals surface area contributed by atoms with E-state index < -0.39 is 0 Å². The number of rotatable bonds is 1. The van der Waals surface area contributed by atoms with Crippen LogP contribution < -0.4 is 5.01 Å². The fourth-order valence-electron chi connectivity index (χ4n) is 4.99. The summed E-state index contributed by atoms with van der Waals surface area (Å²) in [5, 5.41) is 11.3. The lowest BCUT2D eigenvalue weighted by Crippen LogP contribution is -2.44. The average Bonchev–Trinajstić information content (AvgIpc) is 3.17. The maximum Gasteiger partial charge on any atom is 0.0988 e. The zero-order valence-electron chi connectivity index (χ0n) is 10.8. The average molecular weight is 251 g/mol. The highest BCUT2D eigenvalue weighted by molar-refractivity contribution is 5.48. The molecule has 0 aromatic heterocycles. The minimum atomic E-state index is 0.450. The fraction of sp³-hybridized carbons (Fsp3) is 0.500. The molecule has 3 nitrogen and oxygen atoms in total. The number of anilines is 1. The van der Waals surface area contributed by atoms with Crippen molar-refractivity contribution in [2.24, 2.45) is 34.0 Å². The molecular weight excluding hydrogens is 234 g/mol. The number of benzene rings is 1. The van der Waals surface area contributed by atoms with Crippen LogP contribution in [0.4, 0.5) is 5.69 Å². The van der Waals surface area contributed by atoms with Crippen molar-refractivity contribution in [3.05, 3.63) is 42.5 Å². The second-order valence-electron chi connectivity index (χ2n) is 6.33. The van der Waals surface area contributed by atoms with Gasteiger partial charge in [0.25, 0.3) is 0 Å². The Morgan fingerprint density at radius 3 is 2.84 bits per heavy atom. The van der Waals surface area contributed by atoms with E-state index in [9.17, 15) is 0 Å². The summed E-state index contributed by atoms with van der Waals surface area (Å²) < 4.78 is 0. The normalized spacial score (nSPS) is 44.9. The quantitative estimate of drug-likeness (QED) is 0.702. The topological polar surface area (TPSA) is 28.0 Å². The molecule has 1 aromatic carbocycles. The van der Waals surface area contributed by atoms with Gasteiger partial charge in [0.1, 0.15) is 0 Å². The van der Waals surface area contributed by atoms with Crippen LogP contribution in [0, 0.1) is 23.7 Å². The van der Waals surface area contributed by atoms with E-state index in [2.05, 4.69) is 57.8 Å². The van der Waals surface area contributed by atoms with Crippen LogP contribution in [0.2, 0.25) is 0 Å². The molecule has 1 aromatic rings. The fourth-order valence-corrected chi connectivity index (χ4v) is 4.99. The molecule has 2 bridgehead atoms. The largest absolute Gasteiger partial charge is 0.242 e. The molecule has 1 aliphatic heterocycles. The molecule has 2 fully saturated rings. The van der Waals surface area contributed by atoms with Crippen LogP contribution in [-0.2, 0) is 0 Å². The second-order valence-corrected chi connectivity index (χ2v) is 6.33. The maximum atomic E-state index is 4.62. The highest BCUT2D eigenvalue weighted by atomic mass is 15.6. The van der Waals surface area contributed by atoms with Gasteiger partial charge in [-0.05, 0) is 48.6 Å². The third-order valence-corrected chi connectivity index (χ3v) is 5.66. The molecule has 0 spiro atoms. The number of nitrogens with zero attached hydrogens (tertiary/aromatic N) is 3. The van der Waals surface area contributed by atoms with Crippen LogP contribution in [0.15, 0.2) is 52.8 Å². The Balaban J connectivity index is 1.53. The molecular formula is C16H17N3. The monoisotopic (exact) mass is 251 g/mol. The SMILES string of the molecule is C1=C[C@H]2[C@H]3C[C@H]([C@H]2C1)[C@@H]1N=NN(c2ccccc2)[C@H]31. The first-order chi connectivity index (χ1) is 9.43. The van der Waals surface area contributed by atoms with E-state index >= 15 is 0 Å². The van der Waals surface area contributed by atoms with E-state index in [0.29, 0.717) is 12.1 Å². The van der Waals surface area contributed by atoms with Gasteiger partial charge in [0, 0.05) is 0 Å². The number of fused-ring (bicyclic) bond motifs is 8. The third kappa shape index (κ3) is 1.18. The molecule has 4 aliphatic rings. The molecule has 5 rings (SSSR count). The number of hydrogen-bond acceptors (Lipinski definition) is 3. The van der Waals surface area contributed by atoms with E-state index in [-0.39, 0.29) is 0 Å². The van der Waals surface area contributed by atoms with Crippen LogP contribution in [0.3, 0.4) is 0 Å². The van der Waals surface area contributed by atoms with Gasteiger partial charge in [-0.1, -0.05) is 35.6 Å². The minimum Gasteiger partial charge on any atom is -0.242 e. The van der Waals surface area contributed by atoms with Gasteiger partial charge in [0.05, 0.1) is 17.8 Å². The van der Waals surface area contributed by atoms with E-state index in [1.54, 1.807) is 0 Å². The minimum absolute atomic E-state index is 0.450. The second kappa shape index (κ2) is 3.47. The number of hydrogen-bond donors (Lipinski definition) is 0. The van der Waals surface area contributed by atoms with Gasteiger partial charge >= 0.3 is 0 Å². The molecule has 3 aliphatic carbocycles. The first-order valence-electron chi connectivity index (χ1n) is 7.35. The van der Waals surface area contributed by atoms with E-state index in [0.717, 1.165) is 23.7 Å². The van der Waals surface area contributed by atoms with Crippen LogP contribution >= 0.6 is 0 Å². The highest BCUT2D eigenvalue weighted by Gasteiger charge is 2.61. The van der Waals surface area contributed by atoms with Crippen LogP contribution in [0.1, 0.15) is 12.8 Å². The van der Waals surface area contributed by atoms with Gasteiger partial charge in [-0.15, -0.1) is 0 Å². The van der Waals surface area contributed by atoms with Crippen molar-refractivity contribution in [3.63, 3.8) is 0 Å². The zero-order chi connectivity index (χ0) is 12.4. The van der Waals surface area contributed by atoms with Gasteiger partial charge in [-0.25, -0.2) is 5.01 Å². The Morgan fingerprint density at radius 2 is 1.95 bits per heavy atom. The van der Waals surface area contributed by atoms with Crippen LogP contribution in [-0.4, -0.2) is 12.1 Å². The van der Waals surface area contributed by atoms with Crippen molar-refractivity contribution in [3.8, 4) is 0 Å². The molecule has 2 saturated carbocycles. The molecule has 0 saturated heterocycles. The number of allylic oxidation sites excluding steroid dienone is 2. The first kappa shape index (κ1) is 10.2. The maximum absolute atomic E-state index is 4.62. The standard InChI is InChI=1S/C16H17N3/c1-2-5-10(6-3-1)19-16-14-9-13(15(16)17-18-19)11-7-4-8-12(11)14/h1-6,8,11-16H,7,9H2/t11-,12+,13+,14+,15-,16+/m0/s1. The van der Waals surface area contributed by atoms with Crippen LogP contribution in [0.25, 0.3) is 0 Å². The summed E-state index contributed by atoms with van der Waals surface area (Å²) in [5.74, 6) is 3.18. The lowest BCUT2D eigenvalue weighted by Gasteiger charge is -2.35. The van der Waals surface area contributed by atoms with Gasteiger partial charge in [-0.2, -0.15) is 5.11 Å². The van der Waals surface area contributed by atoms with Crippen molar-refractivity contribution in [2.75, 3.05) is 5.01 Å². The summed E-state index contributed by atoms with van der Waals surface area (Å²) in [7, 11) is 0. The predicted molar refractivity (Wildman–Crippen MR) is 73.7 cm³/mol. The Hall–Kier alpha value is -1.64. The van der Waals surface area contributed by atoms with Gasteiger partial charge < -0.3 is 0 Å². The molecule has 6 atom stereocenters. The van der Waals surface area contributed by atoms with E-state index in [1.807, 2.05) is 0 Å². The molecule has 0 amide bonds. The molecule has 96 valence electrons. The van der Waals surface area contributed by atoms with Crippen molar-refractivity contribution >= 4 is 5.69 Å². The lowest BCUT2D eigenvalue weighted by molar-refractivity contribution is 0.238. The lowest BCUT2D eigenvalue weighted by atomic mass is 9.76. The van der Waals surface area contributed by atoms with Crippen molar-refractivity contribution in [2.45, 2.75) is 24.9 Å². The third-order valence-electron chi connectivity index (χ3n) is 5.66. The smallest absolute Gasteiger partial charge is 0.0988 e. The Bertz CT molecular complexity index is 565. The summed E-state index contributed by atoms with van der Waals surface area (Å²) in [4.78, 5) is 0. The molecule has 1 heterocycles. The van der Waals surface area contributed by atoms with Crippen molar-refractivity contribution < 1.29 is 0 Å². The summed E-state index contributed by atoms with van der Waals surface area (Å²) >= 11 is 0. The summed E-state index contributed by atoms with van der Waals surface area (Å²) in [6.07, 6.45) is 7.49. The number of para-hydroxylation sites is 1. The summed E-state index contributed by atoms with van der Waals surface area (Å²) in [5.41, 5.74) is 1.20. The van der Waals surface area contributed by atoms with Crippen molar-refractivity contribution in [1.29, 1.82) is 0 Å². The summed E-state index contributed by atoms with van der Waals surface area (Å²) in [6, 6.07) is 11.5. The Morgan fingerprint density at radius 1 is 1.05 bits per heavy atom. The van der Waals surface area contributed by atoms with E-state index in [4.69, 9.17) is 0 Å². The Kier molecular flexibility index (Phi) is 1.86. The Labute approximate surface area is 113 Å².